The van der Waals surface area contributed by atoms with Crippen molar-refractivity contribution >= 4 is 10.2 Å². The Hall–Kier alpha value is -0.210. The van der Waals surface area contributed by atoms with Gasteiger partial charge < -0.3 is 10.5 Å². The van der Waals surface area contributed by atoms with Gasteiger partial charge in [-0.1, -0.05) is 6.42 Å². The number of nitrogens with two attached hydrogens (primary N) is 1. The van der Waals surface area contributed by atoms with Gasteiger partial charge in [-0.05, 0) is 32.1 Å². The molecule has 2 unspecified atom stereocenters. The highest BCUT2D eigenvalue weighted by molar-refractivity contribution is 7.87. The minimum Gasteiger partial charge on any atom is -0.377 e. The molecule has 2 aliphatic heterocycles. The molecule has 6 nitrogen and oxygen atoms in total. The van der Waals surface area contributed by atoms with Crippen molar-refractivity contribution in [1.29, 1.82) is 0 Å². The highest BCUT2D eigenvalue weighted by Crippen LogP contribution is 2.19. The van der Waals surface area contributed by atoms with Crippen LogP contribution in [0.25, 0.3) is 0 Å². The van der Waals surface area contributed by atoms with E-state index in [0.29, 0.717) is 19.6 Å². The molecule has 0 aromatic heterocycles. The largest absolute Gasteiger partial charge is 0.377 e. The maximum atomic E-state index is 12.3. The summed E-state index contributed by atoms with van der Waals surface area (Å²) < 4.78 is 34.4. The zero-order valence-electron chi connectivity index (χ0n) is 11.4. The molecule has 0 aromatic rings. The summed E-state index contributed by atoms with van der Waals surface area (Å²) in [6.45, 7) is 2.07. The van der Waals surface area contributed by atoms with E-state index in [1.54, 1.807) is 0 Å². The van der Waals surface area contributed by atoms with Crippen LogP contribution < -0.4 is 10.5 Å². The highest BCUT2D eigenvalue weighted by Gasteiger charge is 2.31. The molecule has 2 saturated heterocycles. The van der Waals surface area contributed by atoms with E-state index >= 15 is 0 Å². The third-order valence-corrected chi connectivity index (χ3v) is 5.55. The van der Waals surface area contributed by atoms with Gasteiger partial charge in [-0.15, -0.1) is 0 Å². The molecule has 2 aliphatic rings. The third-order valence-electron chi connectivity index (χ3n) is 3.92. The van der Waals surface area contributed by atoms with E-state index in [1.165, 1.54) is 4.31 Å². The van der Waals surface area contributed by atoms with Crippen LogP contribution >= 0.6 is 0 Å². The molecule has 2 rings (SSSR count). The predicted molar refractivity (Wildman–Crippen MR) is 73.9 cm³/mol. The molecule has 0 aliphatic carbocycles. The number of ether oxygens (including phenoxy) is 1. The lowest BCUT2D eigenvalue weighted by atomic mass is 10.1. The molecule has 7 heteroatoms. The summed E-state index contributed by atoms with van der Waals surface area (Å²) in [5, 5.41) is 0. The van der Waals surface area contributed by atoms with Crippen molar-refractivity contribution in [2.45, 2.75) is 50.7 Å². The summed E-state index contributed by atoms with van der Waals surface area (Å²) in [5.41, 5.74) is 5.67. The first kappa shape index (κ1) is 15.2. The van der Waals surface area contributed by atoms with Crippen molar-refractivity contribution < 1.29 is 13.2 Å². The Kier molecular flexibility index (Phi) is 5.58. The molecule has 19 heavy (non-hydrogen) atoms. The molecule has 2 heterocycles. The van der Waals surface area contributed by atoms with E-state index in [4.69, 9.17) is 10.5 Å². The average Bonchev–Trinajstić information content (AvgIpc) is 2.46. The maximum absolute atomic E-state index is 12.3. The number of nitrogens with zero attached hydrogens (tertiary/aromatic N) is 1. The van der Waals surface area contributed by atoms with Crippen LogP contribution in [0.15, 0.2) is 0 Å². The van der Waals surface area contributed by atoms with Crippen molar-refractivity contribution in [1.82, 2.24) is 9.03 Å². The number of nitrogens with one attached hydrogen (secondary N) is 1. The van der Waals surface area contributed by atoms with Gasteiger partial charge in [-0.3, -0.25) is 0 Å². The Morgan fingerprint density at radius 3 is 2.68 bits per heavy atom. The Balaban J connectivity index is 1.89. The first-order chi connectivity index (χ1) is 9.13. The molecule has 112 valence electrons. The fourth-order valence-corrected chi connectivity index (χ4v) is 4.29. The van der Waals surface area contributed by atoms with Gasteiger partial charge in [-0.2, -0.15) is 17.4 Å². The van der Waals surface area contributed by atoms with Crippen LogP contribution in [0.2, 0.25) is 0 Å². The minimum absolute atomic E-state index is 0.0182. The van der Waals surface area contributed by atoms with E-state index in [-0.39, 0.29) is 12.1 Å². The number of hydrogen-bond donors (Lipinski definition) is 2. The molecule has 0 spiro atoms. The van der Waals surface area contributed by atoms with Crippen LogP contribution in [0.1, 0.15) is 38.5 Å². The van der Waals surface area contributed by atoms with Gasteiger partial charge in [0.1, 0.15) is 0 Å². The van der Waals surface area contributed by atoms with Crippen LogP contribution in [-0.4, -0.2) is 51.1 Å². The van der Waals surface area contributed by atoms with Crippen molar-refractivity contribution in [3.05, 3.63) is 0 Å². The topological polar surface area (TPSA) is 84.7 Å². The van der Waals surface area contributed by atoms with E-state index in [2.05, 4.69) is 4.72 Å². The highest BCUT2D eigenvalue weighted by atomic mass is 32.2. The van der Waals surface area contributed by atoms with Crippen LogP contribution in [0.4, 0.5) is 0 Å². The Bertz CT molecular complexity index is 368. The molecule has 2 fully saturated rings. The summed E-state index contributed by atoms with van der Waals surface area (Å²) in [7, 11) is -3.42. The van der Waals surface area contributed by atoms with Gasteiger partial charge in [0.25, 0.3) is 10.2 Å². The normalized spacial score (nSPS) is 30.4. The lowest BCUT2D eigenvalue weighted by molar-refractivity contribution is 0.0197. The summed E-state index contributed by atoms with van der Waals surface area (Å²) in [4.78, 5) is 0. The lowest BCUT2D eigenvalue weighted by Gasteiger charge is -2.34. The van der Waals surface area contributed by atoms with Gasteiger partial charge in [0, 0.05) is 32.3 Å². The Morgan fingerprint density at radius 2 is 2.00 bits per heavy atom. The quantitative estimate of drug-likeness (QED) is 0.758. The fourth-order valence-electron chi connectivity index (χ4n) is 2.78. The van der Waals surface area contributed by atoms with Crippen molar-refractivity contribution in [3.63, 3.8) is 0 Å². The molecule has 0 amide bonds. The van der Waals surface area contributed by atoms with Gasteiger partial charge in [-0.25, -0.2) is 0 Å². The van der Waals surface area contributed by atoms with Gasteiger partial charge in [0.2, 0.25) is 0 Å². The van der Waals surface area contributed by atoms with Crippen molar-refractivity contribution in [2.24, 2.45) is 5.73 Å². The van der Waals surface area contributed by atoms with E-state index < -0.39 is 10.2 Å². The van der Waals surface area contributed by atoms with Crippen LogP contribution in [-0.2, 0) is 14.9 Å². The zero-order valence-corrected chi connectivity index (χ0v) is 12.2. The van der Waals surface area contributed by atoms with Crippen LogP contribution in [0.5, 0.6) is 0 Å². The van der Waals surface area contributed by atoms with Crippen LogP contribution in [0, 0.1) is 0 Å². The molecule has 0 aromatic carbocycles. The molecule has 0 saturated carbocycles. The smallest absolute Gasteiger partial charge is 0.279 e. The van der Waals surface area contributed by atoms with E-state index in [1.807, 2.05) is 0 Å². The molecular weight excluding hydrogens is 266 g/mol. The lowest BCUT2D eigenvalue weighted by Crippen LogP contribution is -2.52. The Labute approximate surface area is 115 Å². The average molecular weight is 291 g/mol. The van der Waals surface area contributed by atoms with Crippen molar-refractivity contribution in [3.8, 4) is 0 Å². The van der Waals surface area contributed by atoms with Gasteiger partial charge >= 0.3 is 0 Å². The summed E-state index contributed by atoms with van der Waals surface area (Å²) in [5.74, 6) is 0. The molecule has 2 atom stereocenters. The second-order valence-corrected chi connectivity index (χ2v) is 7.05. The molecule has 0 bridgehead atoms. The monoisotopic (exact) mass is 291 g/mol. The summed E-state index contributed by atoms with van der Waals surface area (Å²) in [6, 6.07) is -0.0569. The fraction of sp³-hybridized carbons (Fsp3) is 1.00. The number of rotatable bonds is 5. The molecular formula is C12H25N3O3S. The molecule has 3 N–H and O–H groups in total. The maximum Gasteiger partial charge on any atom is 0.279 e. The van der Waals surface area contributed by atoms with Crippen LogP contribution in [0.3, 0.4) is 0 Å². The van der Waals surface area contributed by atoms with E-state index in [9.17, 15) is 8.42 Å². The molecule has 0 radical (unpaired) electrons. The zero-order chi connectivity index (χ0) is 13.7. The SMILES string of the molecule is NCC1CCCCN1S(=O)(=O)NCC1CCCCO1. The second kappa shape index (κ2) is 6.99. The summed E-state index contributed by atoms with van der Waals surface area (Å²) >= 11 is 0. The standard InChI is InChI=1S/C12H25N3O3S/c13-9-11-5-1-3-7-15(11)19(16,17)14-10-12-6-2-4-8-18-12/h11-12,14H,1-10,13H2. The van der Waals surface area contributed by atoms with Gasteiger partial charge in [0.15, 0.2) is 0 Å². The number of hydrogen-bond acceptors (Lipinski definition) is 4. The predicted octanol–water partition coefficient (Wildman–Crippen LogP) is 0.203. The van der Waals surface area contributed by atoms with Gasteiger partial charge in [0.05, 0.1) is 6.10 Å². The minimum atomic E-state index is -3.42. The summed E-state index contributed by atoms with van der Waals surface area (Å²) in [6.07, 6.45) is 5.97. The first-order valence-corrected chi connectivity index (χ1v) is 8.65. The third kappa shape index (κ3) is 4.13. The Morgan fingerprint density at radius 1 is 1.21 bits per heavy atom. The van der Waals surface area contributed by atoms with Crippen molar-refractivity contribution in [2.75, 3.05) is 26.2 Å². The number of piperidine rings is 1. The first-order valence-electron chi connectivity index (χ1n) is 7.21. The second-order valence-electron chi connectivity index (χ2n) is 5.34. The van der Waals surface area contributed by atoms with E-state index in [0.717, 1.165) is 45.1 Å².